The van der Waals surface area contributed by atoms with Crippen LogP contribution < -0.4 is 14.9 Å². The van der Waals surface area contributed by atoms with E-state index in [2.05, 4.69) is 26.5 Å². The highest BCUT2D eigenvalue weighted by Crippen LogP contribution is 2.35. The SMILES string of the molecule is COc1cc(/C=N\NC(=O)[C@@H](C)SCc2ccccc2)cc(Br)c1OC. The number of carbonyl (C=O) groups excluding carboxylic acids is 1. The van der Waals surface area contributed by atoms with Crippen LogP contribution in [0.1, 0.15) is 18.1 Å². The molecule has 7 heteroatoms. The van der Waals surface area contributed by atoms with Gasteiger partial charge >= 0.3 is 0 Å². The van der Waals surface area contributed by atoms with Gasteiger partial charge in [-0.2, -0.15) is 5.10 Å². The van der Waals surface area contributed by atoms with Crippen molar-refractivity contribution in [2.75, 3.05) is 14.2 Å². The first-order chi connectivity index (χ1) is 12.5. The Balaban J connectivity index is 1.91. The summed E-state index contributed by atoms with van der Waals surface area (Å²) >= 11 is 5.00. The fourth-order valence-electron chi connectivity index (χ4n) is 2.14. The fourth-order valence-corrected chi connectivity index (χ4v) is 3.61. The second kappa shape index (κ2) is 10.2. The third-order valence-electron chi connectivity index (χ3n) is 3.56. The van der Waals surface area contributed by atoms with Crippen LogP contribution in [0.15, 0.2) is 52.0 Å². The first-order valence-electron chi connectivity index (χ1n) is 7.95. The van der Waals surface area contributed by atoms with Crippen LogP contribution in [0.2, 0.25) is 0 Å². The normalized spacial score (nSPS) is 12.0. The highest BCUT2D eigenvalue weighted by atomic mass is 79.9. The molecular formula is C19H21BrN2O3S. The van der Waals surface area contributed by atoms with Crippen LogP contribution in [0.25, 0.3) is 0 Å². The number of hydrogen-bond acceptors (Lipinski definition) is 5. The number of methoxy groups -OCH3 is 2. The van der Waals surface area contributed by atoms with Gasteiger partial charge in [-0.25, -0.2) is 5.43 Å². The van der Waals surface area contributed by atoms with E-state index in [1.54, 1.807) is 38.3 Å². The lowest BCUT2D eigenvalue weighted by atomic mass is 10.2. The smallest absolute Gasteiger partial charge is 0.252 e. The zero-order valence-corrected chi connectivity index (χ0v) is 17.3. The van der Waals surface area contributed by atoms with Crippen molar-refractivity contribution in [3.63, 3.8) is 0 Å². The molecule has 2 aromatic carbocycles. The third kappa shape index (κ3) is 5.78. The summed E-state index contributed by atoms with van der Waals surface area (Å²) in [7, 11) is 3.14. The molecule has 2 rings (SSSR count). The number of carbonyl (C=O) groups is 1. The molecule has 0 spiro atoms. The number of hydrazone groups is 1. The van der Waals surface area contributed by atoms with Gasteiger partial charge in [-0.15, -0.1) is 11.8 Å². The van der Waals surface area contributed by atoms with Gasteiger partial charge in [-0.1, -0.05) is 30.3 Å². The van der Waals surface area contributed by atoms with Gasteiger partial charge in [0.15, 0.2) is 11.5 Å². The quantitative estimate of drug-likeness (QED) is 0.496. The molecule has 5 nitrogen and oxygen atoms in total. The second-order valence-corrected chi connectivity index (χ2v) is 7.59. The van der Waals surface area contributed by atoms with Gasteiger partial charge in [-0.05, 0) is 46.1 Å². The predicted molar refractivity (Wildman–Crippen MR) is 110 cm³/mol. The highest BCUT2D eigenvalue weighted by molar-refractivity contribution is 9.10. The number of benzene rings is 2. The molecule has 0 aromatic heterocycles. The molecule has 0 aliphatic rings. The van der Waals surface area contributed by atoms with Crippen molar-refractivity contribution in [2.45, 2.75) is 17.9 Å². The van der Waals surface area contributed by atoms with E-state index in [1.165, 1.54) is 5.56 Å². The third-order valence-corrected chi connectivity index (χ3v) is 5.36. The molecule has 26 heavy (non-hydrogen) atoms. The van der Waals surface area contributed by atoms with E-state index < -0.39 is 0 Å². The van der Waals surface area contributed by atoms with Crippen LogP contribution in [-0.4, -0.2) is 31.6 Å². The first-order valence-corrected chi connectivity index (χ1v) is 9.79. The van der Waals surface area contributed by atoms with Gasteiger partial charge in [0, 0.05) is 5.75 Å². The lowest BCUT2D eigenvalue weighted by Crippen LogP contribution is -2.27. The molecule has 0 heterocycles. The van der Waals surface area contributed by atoms with E-state index in [4.69, 9.17) is 9.47 Å². The van der Waals surface area contributed by atoms with Crippen molar-refractivity contribution in [3.05, 3.63) is 58.1 Å². The minimum absolute atomic E-state index is 0.137. The number of hydrogen-bond donors (Lipinski definition) is 1. The average Bonchev–Trinajstić information content (AvgIpc) is 2.66. The van der Waals surface area contributed by atoms with E-state index in [-0.39, 0.29) is 11.2 Å². The Morgan fingerprint density at radius 3 is 2.65 bits per heavy atom. The molecule has 1 atom stereocenters. The van der Waals surface area contributed by atoms with Crippen LogP contribution in [0.5, 0.6) is 11.5 Å². The molecule has 1 N–H and O–H groups in total. The van der Waals surface area contributed by atoms with Gasteiger partial charge in [0.2, 0.25) is 0 Å². The number of halogens is 1. The van der Waals surface area contributed by atoms with Gasteiger partial charge in [0.25, 0.3) is 5.91 Å². The lowest BCUT2D eigenvalue weighted by molar-refractivity contribution is -0.120. The molecule has 138 valence electrons. The number of nitrogens with zero attached hydrogens (tertiary/aromatic N) is 1. The minimum Gasteiger partial charge on any atom is -0.493 e. The Labute approximate surface area is 166 Å². The Morgan fingerprint density at radius 2 is 2.00 bits per heavy atom. The summed E-state index contributed by atoms with van der Waals surface area (Å²) in [4.78, 5) is 12.1. The average molecular weight is 437 g/mol. The Morgan fingerprint density at radius 1 is 1.27 bits per heavy atom. The largest absolute Gasteiger partial charge is 0.493 e. The van der Waals surface area contributed by atoms with Gasteiger partial charge in [0.1, 0.15) is 0 Å². The zero-order chi connectivity index (χ0) is 18.9. The van der Waals surface area contributed by atoms with Crippen molar-refractivity contribution in [2.24, 2.45) is 5.10 Å². The maximum Gasteiger partial charge on any atom is 0.252 e. The van der Waals surface area contributed by atoms with Crippen molar-refractivity contribution in [1.29, 1.82) is 0 Å². The standard InChI is InChI=1S/C19H21BrN2O3S/c1-13(26-12-14-7-5-4-6-8-14)19(23)22-21-11-15-9-16(20)18(25-3)17(10-15)24-2/h4-11,13H,12H2,1-3H3,(H,22,23)/b21-11-/t13-/m1/s1. The van der Waals surface area contributed by atoms with E-state index in [0.29, 0.717) is 11.5 Å². The number of ether oxygens (including phenoxy) is 2. The molecule has 0 bridgehead atoms. The monoisotopic (exact) mass is 436 g/mol. The highest BCUT2D eigenvalue weighted by Gasteiger charge is 2.13. The molecule has 0 radical (unpaired) electrons. The molecule has 0 fully saturated rings. The maximum atomic E-state index is 12.1. The zero-order valence-electron chi connectivity index (χ0n) is 14.9. The summed E-state index contributed by atoms with van der Waals surface area (Å²) in [5.74, 6) is 1.84. The molecule has 2 aromatic rings. The predicted octanol–water partition coefficient (Wildman–Crippen LogP) is 4.24. The molecule has 0 saturated carbocycles. The van der Waals surface area contributed by atoms with Crippen molar-refractivity contribution in [1.82, 2.24) is 5.43 Å². The van der Waals surface area contributed by atoms with Gasteiger partial charge < -0.3 is 9.47 Å². The molecule has 1 amide bonds. The van der Waals surface area contributed by atoms with E-state index in [0.717, 1.165) is 15.8 Å². The lowest BCUT2D eigenvalue weighted by Gasteiger charge is -2.11. The number of rotatable bonds is 8. The molecule has 0 aliphatic carbocycles. The number of nitrogens with one attached hydrogen (secondary N) is 1. The summed E-state index contributed by atoms with van der Waals surface area (Å²) < 4.78 is 11.3. The van der Waals surface area contributed by atoms with Crippen molar-refractivity contribution >= 4 is 39.8 Å². The Bertz CT molecular complexity index is 769. The van der Waals surface area contributed by atoms with E-state index in [1.807, 2.05) is 43.3 Å². The first kappa shape index (κ1) is 20.3. The van der Waals surface area contributed by atoms with Gasteiger partial charge in [0.05, 0.1) is 30.2 Å². The van der Waals surface area contributed by atoms with E-state index >= 15 is 0 Å². The minimum atomic E-state index is -0.204. The summed E-state index contributed by atoms with van der Waals surface area (Å²) in [6.45, 7) is 1.87. The molecule has 0 unspecified atom stereocenters. The summed E-state index contributed by atoms with van der Waals surface area (Å²) in [6, 6.07) is 13.7. The summed E-state index contributed by atoms with van der Waals surface area (Å²) in [5, 5.41) is 3.83. The Hall–Kier alpha value is -1.99. The topological polar surface area (TPSA) is 59.9 Å². The van der Waals surface area contributed by atoms with Crippen LogP contribution in [0.4, 0.5) is 0 Å². The number of amides is 1. The summed E-state index contributed by atoms with van der Waals surface area (Å²) in [5.41, 5.74) is 4.54. The van der Waals surface area contributed by atoms with Crippen LogP contribution >= 0.6 is 27.7 Å². The molecule has 0 aliphatic heterocycles. The van der Waals surface area contributed by atoms with E-state index in [9.17, 15) is 4.79 Å². The Kier molecular flexibility index (Phi) is 8.00. The van der Waals surface area contributed by atoms with Crippen LogP contribution in [-0.2, 0) is 10.5 Å². The maximum absolute atomic E-state index is 12.1. The van der Waals surface area contributed by atoms with Crippen molar-refractivity contribution < 1.29 is 14.3 Å². The number of thioether (sulfide) groups is 1. The van der Waals surface area contributed by atoms with Gasteiger partial charge in [-0.3, -0.25) is 4.79 Å². The molecular weight excluding hydrogens is 416 g/mol. The fraction of sp³-hybridized carbons (Fsp3) is 0.263. The second-order valence-electron chi connectivity index (χ2n) is 5.41. The van der Waals surface area contributed by atoms with Crippen LogP contribution in [0, 0.1) is 0 Å². The summed E-state index contributed by atoms with van der Waals surface area (Å²) in [6.07, 6.45) is 1.57. The molecule has 0 saturated heterocycles. The van der Waals surface area contributed by atoms with Crippen molar-refractivity contribution in [3.8, 4) is 11.5 Å². The van der Waals surface area contributed by atoms with Crippen LogP contribution in [0.3, 0.4) is 0 Å².